The Morgan fingerprint density at radius 1 is 1.08 bits per heavy atom. The van der Waals surface area contributed by atoms with Gasteiger partial charge in [-0.3, -0.25) is 19.4 Å². The van der Waals surface area contributed by atoms with Crippen molar-refractivity contribution >= 4 is 17.5 Å². The standard InChI is InChI=1S/C20H30N4O2/c1-16-6-5-7-18(14-16)21-20(26)17(2)23-12-10-22(11-13-23)15-19(25)24-8-3-4-9-24/h5-7,14,17H,3-4,8-13,15H2,1-2H3,(H,21,26)/t17-/m0/s1. The zero-order chi connectivity index (χ0) is 18.5. The number of hydrogen-bond donors (Lipinski definition) is 1. The molecule has 1 aromatic carbocycles. The van der Waals surface area contributed by atoms with Crippen molar-refractivity contribution in [1.29, 1.82) is 0 Å². The smallest absolute Gasteiger partial charge is 0.241 e. The Hall–Kier alpha value is -1.92. The molecule has 26 heavy (non-hydrogen) atoms. The van der Waals surface area contributed by atoms with Crippen LogP contribution in [-0.4, -0.2) is 78.4 Å². The maximum Gasteiger partial charge on any atom is 0.241 e. The minimum Gasteiger partial charge on any atom is -0.342 e. The van der Waals surface area contributed by atoms with Crippen LogP contribution >= 0.6 is 0 Å². The van der Waals surface area contributed by atoms with Gasteiger partial charge in [0.25, 0.3) is 0 Å². The van der Waals surface area contributed by atoms with Crippen molar-refractivity contribution in [3.63, 3.8) is 0 Å². The number of likely N-dealkylation sites (tertiary alicyclic amines) is 1. The van der Waals surface area contributed by atoms with E-state index in [2.05, 4.69) is 15.1 Å². The third-order valence-electron chi connectivity index (χ3n) is 5.44. The molecule has 1 N–H and O–H groups in total. The van der Waals surface area contributed by atoms with Crippen LogP contribution in [0.25, 0.3) is 0 Å². The summed E-state index contributed by atoms with van der Waals surface area (Å²) < 4.78 is 0. The Balaban J connectivity index is 1.44. The van der Waals surface area contributed by atoms with E-state index in [9.17, 15) is 9.59 Å². The molecule has 2 heterocycles. The molecule has 2 aliphatic rings. The van der Waals surface area contributed by atoms with E-state index in [1.165, 1.54) is 0 Å². The molecule has 6 nitrogen and oxygen atoms in total. The highest BCUT2D eigenvalue weighted by atomic mass is 16.2. The summed E-state index contributed by atoms with van der Waals surface area (Å²) in [5.74, 6) is 0.276. The monoisotopic (exact) mass is 358 g/mol. The van der Waals surface area contributed by atoms with Gasteiger partial charge in [0.15, 0.2) is 0 Å². The summed E-state index contributed by atoms with van der Waals surface area (Å²) in [6, 6.07) is 7.69. The van der Waals surface area contributed by atoms with Gasteiger partial charge < -0.3 is 10.2 Å². The molecule has 0 aliphatic carbocycles. The number of aryl methyl sites for hydroxylation is 1. The lowest BCUT2D eigenvalue weighted by Gasteiger charge is -2.37. The van der Waals surface area contributed by atoms with Crippen molar-refractivity contribution in [2.75, 3.05) is 51.1 Å². The first-order valence-corrected chi connectivity index (χ1v) is 9.64. The molecule has 1 aromatic rings. The molecule has 6 heteroatoms. The second-order valence-electron chi connectivity index (χ2n) is 7.43. The summed E-state index contributed by atoms with van der Waals surface area (Å²) in [6.07, 6.45) is 2.26. The number of rotatable bonds is 5. The molecule has 0 saturated carbocycles. The normalized spacial score (nSPS) is 20.2. The Morgan fingerprint density at radius 2 is 1.77 bits per heavy atom. The number of carbonyl (C=O) groups is 2. The van der Waals surface area contributed by atoms with Crippen molar-refractivity contribution in [2.24, 2.45) is 0 Å². The van der Waals surface area contributed by atoms with Crippen LogP contribution in [0.5, 0.6) is 0 Å². The molecule has 0 spiro atoms. The van der Waals surface area contributed by atoms with Crippen molar-refractivity contribution in [3.05, 3.63) is 29.8 Å². The molecule has 0 unspecified atom stereocenters. The lowest BCUT2D eigenvalue weighted by Crippen LogP contribution is -2.54. The highest BCUT2D eigenvalue weighted by Gasteiger charge is 2.27. The van der Waals surface area contributed by atoms with Crippen molar-refractivity contribution in [3.8, 4) is 0 Å². The second kappa shape index (κ2) is 8.64. The topological polar surface area (TPSA) is 55.9 Å². The molecular formula is C20H30N4O2. The number of anilines is 1. The molecule has 0 aromatic heterocycles. The predicted molar refractivity (Wildman–Crippen MR) is 103 cm³/mol. The van der Waals surface area contributed by atoms with E-state index in [0.717, 1.165) is 63.4 Å². The van der Waals surface area contributed by atoms with Gasteiger partial charge in [-0.15, -0.1) is 0 Å². The first-order chi connectivity index (χ1) is 12.5. The van der Waals surface area contributed by atoms with Gasteiger partial charge in [-0.25, -0.2) is 0 Å². The van der Waals surface area contributed by atoms with E-state index in [1.54, 1.807) is 0 Å². The molecule has 1 atom stereocenters. The highest BCUT2D eigenvalue weighted by Crippen LogP contribution is 2.13. The van der Waals surface area contributed by atoms with E-state index in [0.29, 0.717) is 6.54 Å². The maximum atomic E-state index is 12.5. The number of amides is 2. The molecule has 2 amide bonds. The number of nitrogens with zero attached hydrogens (tertiary/aromatic N) is 3. The second-order valence-corrected chi connectivity index (χ2v) is 7.43. The minimum absolute atomic E-state index is 0.0252. The summed E-state index contributed by atoms with van der Waals surface area (Å²) in [7, 11) is 0. The fourth-order valence-electron chi connectivity index (χ4n) is 3.70. The molecule has 0 bridgehead atoms. The molecule has 2 aliphatic heterocycles. The van der Waals surface area contributed by atoms with Crippen molar-refractivity contribution < 1.29 is 9.59 Å². The van der Waals surface area contributed by atoms with Crippen LogP contribution in [0, 0.1) is 6.92 Å². The third kappa shape index (κ3) is 4.83. The van der Waals surface area contributed by atoms with Crippen LogP contribution in [0.3, 0.4) is 0 Å². The van der Waals surface area contributed by atoms with Crippen LogP contribution < -0.4 is 5.32 Å². The summed E-state index contributed by atoms with van der Waals surface area (Å²) in [5.41, 5.74) is 1.98. The average Bonchev–Trinajstić information content (AvgIpc) is 3.16. The Labute approximate surface area is 156 Å². The van der Waals surface area contributed by atoms with Gasteiger partial charge in [-0.2, -0.15) is 0 Å². The summed E-state index contributed by atoms with van der Waals surface area (Å²) in [4.78, 5) is 31.2. The SMILES string of the molecule is Cc1cccc(NC(=O)[C@H](C)N2CCN(CC(=O)N3CCCC3)CC2)c1. The van der Waals surface area contributed by atoms with Crippen LogP contribution in [0.1, 0.15) is 25.3 Å². The minimum atomic E-state index is -0.174. The number of hydrogen-bond acceptors (Lipinski definition) is 4. The quantitative estimate of drug-likeness (QED) is 0.868. The van der Waals surface area contributed by atoms with E-state index < -0.39 is 0 Å². The van der Waals surface area contributed by atoms with Crippen LogP contribution in [0.2, 0.25) is 0 Å². The molecular weight excluding hydrogens is 328 g/mol. The van der Waals surface area contributed by atoms with Crippen molar-refractivity contribution in [1.82, 2.24) is 14.7 Å². The Bertz CT molecular complexity index is 634. The third-order valence-corrected chi connectivity index (χ3v) is 5.44. The van der Waals surface area contributed by atoms with Gasteiger partial charge in [0.2, 0.25) is 11.8 Å². The zero-order valence-electron chi connectivity index (χ0n) is 15.9. The number of benzene rings is 1. The van der Waals surface area contributed by atoms with Gasteiger partial charge in [0.1, 0.15) is 0 Å². The van der Waals surface area contributed by atoms with Crippen LogP contribution in [-0.2, 0) is 9.59 Å². The fourth-order valence-corrected chi connectivity index (χ4v) is 3.70. The molecule has 0 radical (unpaired) electrons. The van der Waals surface area contributed by atoms with Crippen LogP contribution in [0.15, 0.2) is 24.3 Å². The van der Waals surface area contributed by atoms with E-state index in [1.807, 2.05) is 43.0 Å². The van der Waals surface area contributed by atoms with E-state index in [-0.39, 0.29) is 17.9 Å². The van der Waals surface area contributed by atoms with Gasteiger partial charge in [-0.1, -0.05) is 12.1 Å². The lowest BCUT2D eigenvalue weighted by atomic mass is 10.2. The predicted octanol–water partition coefficient (Wildman–Crippen LogP) is 1.56. The van der Waals surface area contributed by atoms with E-state index in [4.69, 9.17) is 0 Å². The highest BCUT2D eigenvalue weighted by molar-refractivity contribution is 5.94. The first kappa shape index (κ1) is 18.9. The van der Waals surface area contributed by atoms with Gasteiger partial charge >= 0.3 is 0 Å². The van der Waals surface area contributed by atoms with Gasteiger partial charge in [0, 0.05) is 45.0 Å². The number of piperazine rings is 1. The molecule has 2 fully saturated rings. The first-order valence-electron chi connectivity index (χ1n) is 9.64. The van der Waals surface area contributed by atoms with Gasteiger partial charge in [-0.05, 0) is 44.4 Å². The largest absolute Gasteiger partial charge is 0.342 e. The summed E-state index contributed by atoms with van der Waals surface area (Å²) >= 11 is 0. The van der Waals surface area contributed by atoms with Gasteiger partial charge in [0.05, 0.1) is 12.6 Å². The maximum absolute atomic E-state index is 12.5. The molecule has 3 rings (SSSR count). The summed E-state index contributed by atoms with van der Waals surface area (Å²) in [5, 5.41) is 3.01. The lowest BCUT2D eigenvalue weighted by molar-refractivity contribution is -0.132. The van der Waals surface area contributed by atoms with Crippen LogP contribution in [0.4, 0.5) is 5.69 Å². The Kier molecular flexibility index (Phi) is 6.27. The fraction of sp³-hybridized carbons (Fsp3) is 0.600. The van der Waals surface area contributed by atoms with Crippen molar-refractivity contribution in [2.45, 2.75) is 32.7 Å². The Morgan fingerprint density at radius 3 is 2.42 bits per heavy atom. The number of carbonyl (C=O) groups excluding carboxylic acids is 2. The molecule has 142 valence electrons. The average molecular weight is 358 g/mol. The zero-order valence-corrected chi connectivity index (χ0v) is 15.9. The molecule has 2 saturated heterocycles. The van der Waals surface area contributed by atoms with E-state index >= 15 is 0 Å². The summed E-state index contributed by atoms with van der Waals surface area (Å²) in [6.45, 7) is 9.61. The number of nitrogens with one attached hydrogen (secondary N) is 1.